The van der Waals surface area contributed by atoms with Crippen molar-refractivity contribution in [2.75, 3.05) is 11.4 Å². The molecule has 9 heteroatoms. The summed E-state index contributed by atoms with van der Waals surface area (Å²) >= 11 is 1.49. The fourth-order valence-electron chi connectivity index (χ4n) is 6.00. The number of nitrogens with one attached hydrogen (secondary N) is 3. The van der Waals surface area contributed by atoms with E-state index in [9.17, 15) is 14.7 Å². The number of benzene rings is 2. The SMILES string of the molecule is Cc1cc(Oc2ccccc2)ccc1N1C(=O)NC2=C(C(=O)N[C@H]3CCCC[C@@H]3O)SC3NCCC1C23. The van der Waals surface area contributed by atoms with Crippen molar-refractivity contribution in [2.24, 2.45) is 5.92 Å². The Morgan fingerprint density at radius 3 is 2.70 bits per heavy atom. The molecule has 0 aromatic heterocycles. The van der Waals surface area contributed by atoms with Crippen molar-refractivity contribution in [3.05, 3.63) is 64.7 Å². The highest BCUT2D eigenvalue weighted by molar-refractivity contribution is 8.04. The fourth-order valence-corrected chi connectivity index (χ4v) is 7.40. The summed E-state index contributed by atoms with van der Waals surface area (Å²) in [4.78, 5) is 29.2. The molecule has 0 radical (unpaired) electrons. The lowest BCUT2D eigenvalue weighted by Gasteiger charge is -2.46. The molecule has 5 atom stereocenters. The van der Waals surface area contributed by atoms with Crippen LogP contribution < -0.4 is 25.6 Å². The van der Waals surface area contributed by atoms with E-state index < -0.39 is 6.10 Å². The van der Waals surface area contributed by atoms with Crippen molar-refractivity contribution in [1.29, 1.82) is 0 Å². The summed E-state index contributed by atoms with van der Waals surface area (Å²) in [5.41, 5.74) is 2.50. The van der Waals surface area contributed by atoms with E-state index in [0.717, 1.165) is 49.2 Å². The van der Waals surface area contributed by atoms with Gasteiger partial charge in [-0.15, -0.1) is 0 Å². The number of hydrogen-bond acceptors (Lipinski definition) is 6. The molecule has 0 spiro atoms. The van der Waals surface area contributed by atoms with Crippen molar-refractivity contribution in [1.82, 2.24) is 16.0 Å². The second-order valence-corrected chi connectivity index (χ2v) is 11.4. The van der Waals surface area contributed by atoms with Crippen LogP contribution in [0.25, 0.3) is 0 Å². The van der Waals surface area contributed by atoms with Gasteiger partial charge in [-0.05, 0) is 68.6 Å². The Hall–Kier alpha value is -3.01. The van der Waals surface area contributed by atoms with Crippen LogP contribution in [0.3, 0.4) is 0 Å². The van der Waals surface area contributed by atoms with Crippen LogP contribution in [0, 0.1) is 12.8 Å². The second-order valence-electron chi connectivity index (χ2n) is 10.2. The highest BCUT2D eigenvalue weighted by atomic mass is 32.2. The number of hydrogen-bond donors (Lipinski definition) is 4. The second kappa shape index (κ2) is 10.0. The van der Waals surface area contributed by atoms with Gasteiger partial charge in [0, 0.05) is 17.3 Å². The van der Waals surface area contributed by atoms with Gasteiger partial charge in [0.2, 0.25) is 0 Å². The molecule has 0 bridgehead atoms. The molecular weight excluding hydrogens is 488 g/mol. The van der Waals surface area contributed by atoms with E-state index in [1.54, 1.807) is 0 Å². The van der Waals surface area contributed by atoms with Crippen molar-refractivity contribution in [3.63, 3.8) is 0 Å². The van der Waals surface area contributed by atoms with E-state index >= 15 is 0 Å². The minimum absolute atomic E-state index is 0.00914. The zero-order valence-corrected chi connectivity index (χ0v) is 21.6. The first kappa shape index (κ1) is 24.3. The third kappa shape index (κ3) is 4.60. The number of aryl methyl sites for hydroxylation is 1. The highest BCUT2D eigenvalue weighted by Gasteiger charge is 2.52. The number of anilines is 1. The molecule has 3 unspecified atom stereocenters. The molecule has 1 saturated carbocycles. The van der Waals surface area contributed by atoms with Crippen LogP contribution in [0.4, 0.5) is 10.5 Å². The molecular formula is C28H32N4O4S. The minimum Gasteiger partial charge on any atom is -0.457 e. The molecule has 1 aliphatic carbocycles. The first-order valence-electron chi connectivity index (χ1n) is 13.1. The number of ether oxygens (including phenoxy) is 1. The molecule has 3 aliphatic heterocycles. The molecule has 3 amide bonds. The van der Waals surface area contributed by atoms with Crippen LogP contribution in [0.15, 0.2) is 59.1 Å². The third-order valence-electron chi connectivity index (χ3n) is 7.80. The van der Waals surface area contributed by atoms with Gasteiger partial charge >= 0.3 is 6.03 Å². The van der Waals surface area contributed by atoms with Gasteiger partial charge in [-0.1, -0.05) is 42.8 Å². The molecule has 2 saturated heterocycles. The number of carbonyl (C=O) groups is 2. The van der Waals surface area contributed by atoms with Gasteiger partial charge in [-0.3, -0.25) is 9.69 Å². The zero-order valence-electron chi connectivity index (χ0n) is 20.8. The summed E-state index contributed by atoms with van der Waals surface area (Å²) in [5, 5.41) is 20.0. The zero-order chi connectivity index (χ0) is 25.5. The number of piperidine rings is 1. The Morgan fingerprint density at radius 1 is 1.11 bits per heavy atom. The van der Waals surface area contributed by atoms with E-state index in [0.29, 0.717) is 22.8 Å². The summed E-state index contributed by atoms with van der Waals surface area (Å²) in [6.45, 7) is 2.75. The molecule has 3 heterocycles. The number of carbonyl (C=O) groups excluding carboxylic acids is 2. The summed E-state index contributed by atoms with van der Waals surface area (Å²) in [7, 11) is 0. The smallest absolute Gasteiger partial charge is 0.326 e. The number of para-hydroxylation sites is 1. The van der Waals surface area contributed by atoms with E-state index in [1.807, 2.05) is 60.4 Å². The van der Waals surface area contributed by atoms with Crippen molar-refractivity contribution < 1.29 is 19.4 Å². The number of aliphatic hydroxyl groups is 1. The monoisotopic (exact) mass is 520 g/mol. The number of thioether (sulfide) groups is 1. The van der Waals surface area contributed by atoms with Gasteiger partial charge in [0.05, 0.1) is 28.5 Å². The lowest BCUT2D eigenvalue weighted by atomic mass is 9.86. The molecule has 3 fully saturated rings. The topological polar surface area (TPSA) is 103 Å². The number of amides is 3. The average Bonchev–Trinajstić information content (AvgIpc) is 3.26. The van der Waals surface area contributed by atoms with Crippen LogP contribution in [0.2, 0.25) is 0 Å². The minimum atomic E-state index is -0.517. The summed E-state index contributed by atoms with van der Waals surface area (Å²) in [5.74, 6) is 1.26. The molecule has 8 nitrogen and oxygen atoms in total. The van der Waals surface area contributed by atoms with Crippen LogP contribution in [-0.4, -0.2) is 47.2 Å². The molecule has 4 aliphatic rings. The van der Waals surface area contributed by atoms with Crippen molar-refractivity contribution in [2.45, 2.75) is 62.6 Å². The van der Waals surface area contributed by atoms with Crippen LogP contribution in [-0.2, 0) is 4.79 Å². The first-order valence-corrected chi connectivity index (χ1v) is 13.9. The van der Waals surface area contributed by atoms with Gasteiger partial charge in [0.15, 0.2) is 0 Å². The molecule has 194 valence electrons. The third-order valence-corrected chi connectivity index (χ3v) is 9.15. The summed E-state index contributed by atoms with van der Waals surface area (Å²) < 4.78 is 5.99. The highest BCUT2D eigenvalue weighted by Crippen LogP contribution is 2.48. The number of aliphatic hydroxyl groups excluding tert-OH is 1. The molecule has 2 aromatic carbocycles. The van der Waals surface area contributed by atoms with Crippen LogP contribution in [0.5, 0.6) is 11.5 Å². The number of nitrogens with zero attached hydrogens (tertiary/aromatic N) is 1. The Kier molecular flexibility index (Phi) is 6.60. The predicted molar refractivity (Wildman–Crippen MR) is 143 cm³/mol. The van der Waals surface area contributed by atoms with Gasteiger partial charge < -0.3 is 25.8 Å². The van der Waals surface area contributed by atoms with E-state index in [4.69, 9.17) is 4.74 Å². The van der Waals surface area contributed by atoms with Crippen molar-refractivity contribution in [3.8, 4) is 11.5 Å². The normalized spacial score (nSPS) is 29.0. The Morgan fingerprint density at radius 2 is 1.92 bits per heavy atom. The van der Waals surface area contributed by atoms with Gasteiger partial charge in [-0.25, -0.2) is 4.79 Å². The average molecular weight is 521 g/mol. The lowest BCUT2D eigenvalue weighted by Crippen LogP contribution is -2.62. The lowest BCUT2D eigenvalue weighted by molar-refractivity contribution is -0.118. The Bertz CT molecular complexity index is 1240. The van der Waals surface area contributed by atoms with Gasteiger partial charge in [0.25, 0.3) is 5.91 Å². The van der Waals surface area contributed by atoms with Crippen LogP contribution in [0.1, 0.15) is 37.7 Å². The maximum absolute atomic E-state index is 13.5. The number of rotatable bonds is 5. The maximum atomic E-state index is 13.5. The Labute approximate surface area is 220 Å². The molecule has 4 N–H and O–H groups in total. The standard InChI is InChI=1S/C28H32N4O4S/c1-16-15-18(36-17-7-3-2-4-8-17)11-12-20(16)32-21-13-14-29-27-23(21)24(31-28(32)35)25(37-27)26(34)30-19-9-5-6-10-22(19)33/h2-4,7-8,11-12,15,19,21-23,27,29,33H,5-6,9-10,13-14H2,1H3,(H,30,34)(H,31,35)/t19-,21?,22-,23?,27?/m0/s1. The summed E-state index contributed by atoms with van der Waals surface area (Å²) in [6.07, 6.45) is 3.73. The Balaban J connectivity index is 1.25. The van der Waals surface area contributed by atoms with Crippen LogP contribution >= 0.6 is 11.8 Å². The predicted octanol–water partition coefficient (Wildman–Crippen LogP) is 4.00. The number of urea groups is 1. The maximum Gasteiger partial charge on any atom is 0.326 e. The summed E-state index contributed by atoms with van der Waals surface area (Å²) in [6, 6.07) is 14.9. The van der Waals surface area contributed by atoms with E-state index in [1.165, 1.54) is 11.8 Å². The first-order chi connectivity index (χ1) is 18.0. The van der Waals surface area contributed by atoms with Crippen molar-refractivity contribution >= 4 is 29.4 Å². The molecule has 2 aromatic rings. The quantitative estimate of drug-likeness (QED) is 0.475. The molecule has 37 heavy (non-hydrogen) atoms. The van der Waals surface area contributed by atoms with E-state index in [2.05, 4.69) is 16.0 Å². The van der Waals surface area contributed by atoms with Gasteiger partial charge in [-0.2, -0.15) is 0 Å². The largest absolute Gasteiger partial charge is 0.457 e. The molecule has 6 rings (SSSR count). The van der Waals surface area contributed by atoms with E-state index in [-0.39, 0.29) is 35.3 Å². The fraction of sp³-hybridized carbons (Fsp3) is 0.429. The van der Waals surface area contributed by atoms with Gasteiger partial charge in [0.1, 0.15) is 11.5 Å².